The zero-order valence-corrected chi connectivity index (χ0v) is 14.3. The van der Waals surface area contributed by atoms with E-state index in [1.807, 2.05) is 0 Å². The summed E-state index contributed by atoms with van der Waals surface area (Å²) in [5, 5.41) is 0. The molecule has 0 saturated carbocycles. The Hall–Kier alpha value is -1.59. The van der Waals surface area contributed by atoms with Crippen molar-refractivity contribution in [1.29, 1.82) is 0 Å². The maximum Gasteiger partial charge on any atom is 0.410 e. The maximum atomic E-state index is 14.2. The molecule has 126 valence electrons. The van der Waals surface area contributed by atoms with Gasteiger partial charge in [-0.05, 0) is 39.7 Å². The van der Waals surface area contributed by atoms with E-state index in [2.05, 4.69) is 0 Å². The number of rotatable bonds is 2. The molecule has 0 N–H and O–H groups in total. The van der Waals surface area contributed by atoms with Gasteiger partial charge in [0.05, 0.1) is 6.61 Å². The largest absolute Gasteiger partial charge is 0.461 e. The van der Waals surface area contributed by atoms with Crippen molar-refractivity contribution in [3.05, 3.63) is 11.4 Å². The SMILES string of the molecule is CCOC(=O)C(F)=C1CCN(C(=O)OC(C)(C)C)CC1(C)C. The van der Waals surface area contributed by atoms with Crippen LogP contribution in [0.2, 0.25) is 0 Å². The van der Waals surface area contributed by atoms with Crippen molar-refractivity contribution < 1.29 is 23.5 Å². The van der Waals surface area contributed by atoms with Crippen LogP contribution >= 0.6 is 0 Å². The third-order valence-electron chi connectivity index (χ3n) is 3.41. The van der Waals surface area contributed by atoms with Crippen molar-refractivity contribution >= 4 is 12.1 Å². The third kappa shape index (κ3) is 4.71. The van der Waals surface area contributed by atoms with Crippen molar-refractivity contribution in [3.63, 3.8) is 0 Å². The Labute approximate surface area is 131 Å². The van der Waals surface area contributed by atoms with Gasteiger partial charge in [0.15, 0.2) is 0 Å². The van der Waals surface area contributed by atoms with Crippen LogP contribution in [0.3, 0.4) is 0 Å². The van der Waals surface area contributed by atoms with E-state index in [4.69, 9.17) is 9.47 Å². The number of hydrogen-bond acceptors (Lipinski definition) is 4. The van der Waals surface area contributed by atoms with Gasteiger partial charge >= 0.3 is 12.1 Å². The molecule has 1 aliphatic heterocycles. The average Bonchev–Trinajstić information content (AvgIpc) is 2.35. The second kappa shape index (κ2) is 6.67. The van der Waals surface area contributed by atoms with E-state index >= 15 is 0 Å². The van der Waals surface area contributed by atoms with E-state index in [1.165, 1.54) is 0 Å². The molecular formula is C16H26FNO4. The van der Waals surface area contributed by atoms with Crippen molar-refractivity contribution in [2.75, 3.05) is 19.7 Å². The molecule has 6 heteroatoms. The van der Waals surface area contributed by atoms with Crippen molar-refractivity contribution in [2.45, 2.75) is 53.6 Å². The zero-order chi connectivity index (χ0) is 17.1. The van der Waals surface area contributed by atoms with E-state index in [0.717, 1.165) is 0 Å². The Bertz CT molecular complexity index is 477. The summed E-state index contributed by atoms with van der Waals surface area (Å²) in [6, 6.07) is 0. The van der Waals surface area contributed by atoms with Crippen LogP contribution in [0.4, 0.5) is 9.18 Å². The number of hydrogen-bond donors (Lipinski definition) is 0. The molecule has 22 heavy (non-hydrogen) atoms. The van der Waals surface area contributed by atoms with Gasteiger partial charge < -0.3 is 14.4 Å². The zero-order valence-electron chi connectivity index (χ0n) is 14.3. The standard InChI is InChI=1S/C16H26FNO4/c1-7-21-13(19)12(17)11-8-9-18(10-16(11,5)6)14(20)22-15(2,3)4/h7-10H2,1-6H3. The monoisotopic (exact) mass is 315 g/mol. The fourth-order valence-corrected chi connectivity index (χ4v) is 2.44. The fourth-order valence-electron chi connectivity index (χ4n) is 2.44. The summed E-state index contributed by atoms with van der Waals surface area (Å²) < 4.78 is 24.3. The normalized spacial score (nSPS) is 20.4. The smallest absolute Gasteiger partial charge is 0.410 e. The minimum Gasteiger partial charge on any atom is -0.461 e. The molecule has 5 nitrogen and oxygen atoms in total. The Balaban J connectivity index is 2.88. The predicted octanol–water partition coefficient (Wildman–Crippen LogP) is 3.44. The van der Waals surface area contributed by atoms with Crippen LogP contribution in [0.25, 0.3) is 0 Å². The summed E-state index contributed by atoms with van der Waals surface area (Å²) in [6.07, 6.45) is -0.132. The molecule has 1 saturated heterocycles. The molecular weight excluding hydrogens is 289 g/mol. The fraction of sp³-hybridized carbons (Fsp3) is 0.750. The van der Waals surface area contributed by atoms with Crippen molar-refractivity contribution in [3.8, 4) is 0 Å². The Morgan fingerprint density at radius 2 is 1.91 bits per heavy atom. The minimum atomic E-state index is -0.934. The summed E-state index contributed by atoms with van der Waals surface area (Å²) in [6.45, 7) is 11.4. The molecule has 0 radical (unpaired) electrons. The van der Waals surface area contributed by atoms with Crippen LogP contribution in [0.15, 0.2) is 11.4 Å². The number of piperidine rings is 1. The average molecular weight is 315 g/mol. The number of carbonyl (C=O) groups excluding carboxylic acids is 2. The molecule has 0 bridgehead atoms. The first-order valence-corrected chi connectivity index (χ1v) is 7.52. The van der Waals surface area contributed by atoms with E-state index in [9.17, 15) is 14.0 Å². The Morgan fingerprint density at radius 1 is 1.32 bits per heavy atom. The quantitative estimate of drug-likeness (QED) is 0.578. The molecule has 1 aliphatic rings. The van der Waals surface area contributed by atoms with Gasteiger partial charge in [0.25, 0.3) is 0 Å². The second-order valence-electron chi connectivity index (χ2n) is 7.05. The summed E-state index contributed by atoms with van der Waals surface area (Å²) in [7, 11) is 0. The second-order valence-corrected chi connectivity index (χ2v) is 7.05. The molecule has 0 aromatic heterocycles. The highest BCUT2D eigenvalue weighted by molar-refractivity contribution is 5.87. The van der Waals surface area contributed by atoms with E-state index in [1.54, 1.807) is 46.4 Å². The van der Waals surface area contributed by atoms with Gasteiger partial charge in [0.2, 0.25) is 5.83 Å². The summed E-state index contributed by atoms with van der Waals surface area (Å²) in [4.78, 5) is 25.2. The highest BCUT2D eigenvalue weighted by atomic mass is 19.1. The summed E-state index contributed by atoms with van der Waals surface area (Å²) >= 11 is 0. The van der Waals surface area contributed by atoms with Gasteiger partial charge in [-0.2, -0.15) is 4.39 Å². The number of nitrogens with zero attached hydrogens (tertiary/aromatic N) is 1. The van der Waals surface area contributed by atoms with Crippen LogP contribution in [-0.4, -0.2) is 42.3 Å². The van der Waals surface area contributed by atoms with Gasteiger partial charge in [0, 0.05) is 18.5 Å². The number of ether oxygens (including phenoxy) is 2. The molecule has 0 atom stereocenters. The number of likely N-dealkylation sites (tertiary alicyclic amines) is 1. The molecule has 1 heterocycles. The molecule has 1 fully saturated rings. The van der Waals surface area contributed by atoms with Gasteiger partial charge in [-0.25, -0.2) is 9.59 Å². The predicted molar refractivity (Wildman–Crippen MR) is 81.0 cm³/mol. The molecule has 1 amide bonds. The molecule has 1 rings (SSSR count). The van der Waals surface area contributed by atoms with Crippen LogP contribution in [0.5, 0.6) is 0 Å². The van der Waals surface area contributed by atoms with Gasteiger partial charge in [-0.1, -0.05) is 13.8 Å². The lowest BCUT2D eigenvalue weighted by atomic mass is 9.78. The molecule has 0 aliphatic carbocycles. The van der Waals surface area contributed by atoms with Gasteiger partial charge in [0.1, 0.15) is 5.60 Å². The lowest BCUT2D eigenvalue weighted by molar-refractivity contribution is -0.140. The van der Waals surface area contributed by atoms with Crippen LogP contribution < -0.4 is 0 Å². The number of carbonyl (C=O) groups is 2. The number of halogens is 1. The van der Waals surface area contributed by atoms with Gasteiger partial charge in [-0.15, -0.1) is 0 Å². The van der Waals surface area contributed by atoms with Gasteiger partial charge in [-0.3, -0.25) is 0 Å². The summed E-state index contributed by atoms with van der Waals surface area (Å²) in [5.74, 6) is -1.77. The topological polar surface area (TPSA) is 55.8 Å². The first-order valence-electron chi connectivity index (χ1n) is 7.52. The minimum absolute atomic E-state index is 0.129. The first kappa shape index (κ1) is 18.5. The van der Waals surface area contributed by atoms with Crippen LogP contribution in [-0.2, 0) is 14.3 Å². The number of amides is 1. The molecule has 0 spiro atoms. The van der Waals surface area contributed by atoms with E-state index in [0.29, 0.717) is 18.7 Å². The van der Waals surface area contributed by atoms with Crippen LogP contribution in [0.1, 0.15) is 48.0 Å². The molecule has 0 aromatic carbocycles. The lowest BCUT2D eigenvalue weighted by Crippen LogP contribution is -2.47. The third-order valence-corrected chi connectivity index (χ3v) is 3.41. The Kier molecular flexibility index (Phi) is 5.59. The van der Waals surface area contributed by atoms with Crippen molar-refractivity contribution in [2.24, 2.45) is 5.41 Å². The highest BCUT2D eigenvalue weighted by Gasteiger charge is 2.38. The maximum absolute atomic E-state index is 14.2. The van der Waals surface area contributed by atoms with Crippen molar-refractivity contribution in [1.82, 2.24) is 4.90 Å². The highest BCUT2D eigenvalue weighted by Crippen LogP contribution is 2.37. The number of esters is 1. The lowest BCUT2D eigenvalue weighted by Gasteiger charge is -2.40. The van der Waals surface area contributed by atoms with E-state index < -0.39 is 28.9 Å². The van der Waals surface area contributed by atoms with Crippen LogP contribution in [0, 0.1) is 5.41 Å². The molecule has 0 unspecified atom stereocenters. The summed E-state index contributed by atoms with van der Waals surface area (Å²) in [5.41, 5.74) is -0.828. The Morgan fingerprint density at radius 3 is 2.36 bits per heavy atom. The first-order chi connectivity index (χ1) is 9.98. The molecule has 0 aromatic rings. The van der Waals surface area contributed by atoms with E-state index in [-0.39, 0.29) is 13.0 Å².